The number of benzene rings is 1. The molecule has 1 unspecified atom stereocenters. The van der Waals surface area contributed by atoms with Crippen molar-refractivity contribution < 1.29 is 14.6 Å². The number of piperidine rings is 1. The highest BCUT2D eigenvalue weighted by Gasteiger charge is 2.31. The van der Waals surface area contributed by atoms with Crippen LogP contribution in [0.25, 0.3) is 0 Å². The van der Waals surface area contributed by atoms with Crippen LogP contribution in [0, 0.1) is 5.92 Å². The molecule has 1 aliphatic rings. The van der Waals surface area contributed by atoms with Crippen molar-refractivity contribution in [2.45, 2.75) is 45.1 Å². The number of carbonyl (C=O) groups excluding carboxylic acids is 1. The van der Waals surface area contributed by atoms with Gasteiger partial charge >= 0.3 is 6.09 Å². The van der Waals surface area contributed by atoms with Crippen LogP contribution in [0.4, 0.5) is 4.79 Å². The summed E-state index contributed by atoms with van der Waals surface area (Å²) in [6.45, 7) is 7.98. The fraction of sp³-hybridized carbons (Fsp3) is 0.632. The fourth-order valence-electron chi connectivity index (χ4n) is 3.34. The molecule has 1 fully saturated rings. The SMILES string of the molecule is CNCC(c1cccc(O)c1)C1CCN(C(=O)OC(C)(C)C)CC1. The number of hydrogen-bond acceptors (Lipinski definition) is 4. The summed E-state index contributed by atoms with van der Waals surface area (Å²) in [4.78, 5) is 14.0. The number of amides is 1. The largest absolute Gasteiger partial charge is 0.508 e. The number of hydrogen-bond donors (Lipinski definition) is 2. The van der Waals surface area contributed by atoms with Gasteiger partial charge in [0.1, 0.15) is 11.4 Å². The second-order valence-electron chi connectivity index (χ2n) is 7.56. The van der Waals surface area contributed by atoms with Crippen molar-refractivity contribution in [2.75, 3.05) is 26.7 Å². The molecule has 0 spiro atoms. The average Bonchev–Trinajstić information content (AvgIpc) is 2.51. The summed E-state index contributed by atoms with van der Waals surface area (Å²) in [7, 11) is 1.95. The molecule has 1 aromatic rings. The summed E-state index contributed by atoms with van der Waals surface area (Å²) in [6, 6.07) is 7.51. The van der Waals surface area contributed by atoms with Gasteiger partial charge in [-0.2, -0.15) is 0 Å². The topological polar surface area (TPSA) is 61.8 Å². The van der Waals surface area contributed by atoms with Gasteiger partial charge in [-0.3, -0.25) is 0 Å². The number of ether oxygens (including phenoxy) is 1. The van der Waals surface area contributed by atoms with Crippen LogP contribution in [0.2, 0.25) is 0 Å². The quantitative estimate of drug-likeness (QED) is 0.886. The van der Waals surface area contributed by atoms with E-state index in [1.165, 1.54) is 0 Å². The molecule has 1 amide bonds. The van der Waals surface area contributed by atoms with Crippen molar-refractivity contribution in [1.29, 1.82) is 0 Å². The van der Waals surface area contributed by atoms with Crippen molar-refractivity contribution in [3.8, 4) is 5.75 Å². The molecule has 0 aliphatic carbocycles. The lowest BCUT2D eigenvalue weighted by atomic mass is 9.80. The minimum absolute atomic E-state index is 0.219. The molecular weight excluding hydrogens is 304 g/mol. The molecule has 5 nitrogen and oxygen atoms in total. The lowest BCUT2D eigenvalue weighted by Gasteiger charge is -2.37. The molecule has 134 valence electrons. The first kappa shape index (κ1) is 18.6. The normalized spacial score (nSPS) is 17.6. The van der Waals surface area contributed by atoms with Crippen LogP contribution in [0.3, 0.4) is 0 Å². The van der Waals surface area contributed by atoms with Crippen LogP contribution < -0.4 is 5.32 Å². The summed E-state index contributed by atoms with van der Waals surface area (Å²) < 4.78 is 5.46. The van der Waals surface area contributed by atoms with Gasteiger partial charge in [-0.05, 0) is 70.2 Å². The average molecular weight is 334 g/mol. The van der Waals surface area contributed by atoms with Gasteiger partial charge in [-0.1, -0.05) is 12.1 Å². The first-order valence-corrected chi connectivity index (χ1v) is 8.71. The van der Waals surface area contributed by atoms with E-state index in [9.17, 15) is 9.90 Å². The van der Waals surface area contributed by atoms with E-state index < -0.39 is 5.60 Å². The molecule has 0 radical (unpaired) electrons. The Morgan fingerprint density at radius 1 is 1.38 bits per heavy atom. The van der Waals surface area contributed by atoms with Crippen LogP contribution >= 0.6 is 0 Å². The highest BCUT2D eigenvalue weighted by molar-refractivity contribution is 5.68. The number of carbonyl (C=O) groups is 1. The minimum Gasteiger partial charge on any atom is -0.508 e. The molecule has 2 N–H and O–H groups in total. The van der Waals surface area contributed by atoms with E-state index >= 15 is 0 Å². The Bertz CT molecular complexity index is 546. The number of rotatable bonds is 4. The molecule has 0 aromatic heterocycles. The van der Waals surface area contributed by atoms with Crippen molar-refractivity contribution in [2.24, 2.45) is 5.92 Å². The summed E-state index contributed by atoms with van der Waals surface area (Å²) in [5, 5.41) is 13.0. The van der Waals surface area contributed by atoms with E-state index in [2.05, 4.69) is 11.4 Å². The molecule has 0 bridgehead atoms. The van der Waals surface area contributed by atoms with Crippen molar-refractivity contribution in [1.82, 2.24) is 10.2 Å². The maximum atomic E-state index is 12.2. The maximum Gasteiger partial charge on any atom is 0.410 e. The lowest BCUT2D eigenvalue weighted by molar-refractivity contribution is 0.0174. The van der Waals surface area contributed by atoms with Crippen molar-refractivity contribution in [3.05, 3.63) is 29.8 Å². The number of likely N-dealkylation sites (tertiary alicyclic amines) is 1. The van der Waals surface area contributed by atoms with E-state index in [0.29, 0.717) is 17.6 Å². The summed E-state index contributed by atoms with van der Waals surface area (Å²) >= 11 is 0. The zero-order valence-corrected chi connectivity index (χ0v) is 15.2. The molecule has 24 heavy (non-hydrogen) atoms. The predicted octanol–water partition coefficient (Wildman–Crippen LogP) is 3.34. The van der Waals surface area contributed by atoms with Crippen LogP contribution in [-0.2, 0) is 4.74 Å². The Morgan fingerprint density at radius 3 is 2.58 bits per heavy atom. The highest BCUT2D eigenvalue weighted by atomic mass is 16.6. The van der Waals surface area contributed by atoms with E-state index in [0.717, 1.165) is 38.0 Å². The van der Waals surface area contributed by atoms with Gasteiger partial charge in [0.05, 0.1) is 0 Å². The molecule has 1 heterocycles. The lowest BCUT2D eigenvalue weighted by Crippen LogP contribution is -2.43. The second kappa shape index (κ2) is 7.88. The van der Waals surface area contributed by atoms with Crippen LogP contribution in [0.15, 0.2) is 24.3 Å². The second-order valence-corrected chi connectivity index (χ2v) is 7.56. The van der Waals surface area contributed by atoms with Gasteiger partial charge in [0, 0.05) is 19.6 Å². The summed E-state index contributed by atoms with van der Waals surface area (Å²) in [6.07, 6.45) is 1.67. The molecular formula is C19H30N2O3. The Balaban J connectivity index is 1.99. The van der Waals surface area contributed by atoms with E-state index in [1.54, 1.807) is 11.0 Å². The number of nitrogens with one attached hydrogen (secondary N) is 1. The third-order valence-electron chi connectivity index (χ3n) is 4.48. The van der Waals surface area contributed by atoms with Crippen LogP contribution in [0.1, 0.15) is 45.1 Å². The molecule has 1 aromatic carbocycles. The number of aromatic hydroxyl groups is 1. The Hall–Kier alpha value is -1.75. The van der Waals surface area contributed by atoms with Crippen LogP contribution in [0.5, 0.6) is 5.75 Å². The monoisotopic (exact) mass is 334 g/mol. The fourth-order valence-corrected chi connectivity index (χ4v) is 3.34. The van der Waals surface area contributed by atoms with Gasteiger partial charge in [0.25, 0.3) is 0 Å². The standard InChI is InChI=1S/C19H30N2O3/c1-19(2,3)24-18(23)21-10-8-14(9-11-21)17(13-20-4)15-6-5-7-16(22)12-15/h5-7,12,14,17,20,22H,8-11,13H2,1-4H3. The zero-order valence-electron chi connectivity index (χ0n) is 15.2. The Kier molecular flexibility index (Phi) is 6.10. The maximum absolute atomic E-state index is 12.2. The van der Waals surface area contributed by atoms with Crippen molar-refractivity contribution >= 4 is 6.09 Å². The predicted molar refractivity (Wildman–Crippen MR) is 95.3 cm³/mol. The smallest absolute Gasteiger partial charge is 0.410 e. The molecule has 2 rings (SSSR count). The first-order chi connectivity index (χ1) is 11.3. The number of phenols is 1. The van der Waals surface area contributed by atoms with E-state index in [-0.39, 0.29) is 6.09 Å². The number of likely N-dealkylation sites (N-methyl/N-ethyl adjacent to an activating group) is 1. The highest BCUT2D eigenvalue weighted by Crippen LogP contribution is 2.34. The molecule has 1 atom stereocenters. The third-order valence-corrected chi connectivity index (χ3v) is 4.48. The Labute approximate surface area is 145 Å². The molecule has 0 saturated carbocycles. The molecule has 1 saturated heterocycles. The first-order valence-electron chi connectivity index (χ1n) is 8.71. The third kappa shape index (κ3) is 5.13. The van der Waals surface area contributed by atoms with Gasteiger partial charge in [0.15, 0.2) is 0 Å². The Morgan fingerprint density at radius 2 is 2.04 bits per heavy atom. The van der Waals surface area contributed by atoms with Gasteiger partial charge in [-0.25, -0.2) is 4.79 Å². The summed E-state index contributed by atoms with van der Waals surface area (Å²) in [5.41, 5.74) is 0.699. The van der Waals surface area contributed by atoms with Crippen LogP contribution in [-0.4, -0.2) is 48.4 Å². The van der Waals surface area contributed by atoms with Gasteiger partial charge < -0.3 is 20.1 Å². The van der Waals surface area contributed by atoms with Crippen molar-refractivity contribution in [3.63, 3.8) is 0 Å². The molecule has 5 heteroatoms. The van der Waals surface area contributed by atoms with Gasteiger partial charge in [0.2, 0.25) is 0 Å². The van der Waals surface area contributed by atoms with E-state index in [4.69, 9.17) is 4.74 Å². The minimum atomic E-state index is -0.454. The van der Waals surface area contributed by atoms with E-state index in [1.807, 2.05) is 40.0 Å². The number of phenolic OH excluding ortho intramolecular Hbond substituents is 1. The van der Waals surface area contributed by atoms with Gasteiger partial charge in [-0.15, -0.1) is 0 Å². The summed E-state index contributed by atoms with van der Waals surface area (Å²) in [5.74, 6) is 1.13. The number of nitrogens with zero attached hydrogens (tertiary/aromatic N) is 1. The molecule has 1 aliphatic heterocycles. The zero-order chi connectivity index (χ0) is 17.7.